The van der Waals surface area contributed by atoms with E-state index in [1.807, 2.05) is 13.8 Å². The summed E-state index contributed by atoms with van der Waals surface area (Å²) in [6.07, 6.45) is 0. The lowest BCUT2D eigenvalue weighted by Gasteiger charge is -1.88. The van der Waals surface area contributed by atoms with Crippen molar-refractivity contribution in [3.8, 4) is 6.07 Å². The molecule has 0 heterocycles. The molecule has 0 bridgehead atoms. The van der Waals surface area contributed by atoms with Gasteiger partial charge < -0.3 is 10.2 Å². The maximum atomic E-state index is 10.2. The fourth-order valence-corrected chi connectivity index (χ4v) is 0.581. The van der Waals surface area contributed by atoms with Gasteiger partial charge in [0.15, 0.2) is 0 Å². The van der Waals surface area contributed by atoms with Crippen molar-refractivity contribution in [3.63, 3.8) is 0 Å². The number of rotatable bonds is 1. The van der Waals surface area contributed by atoms with E-state index in [-0.39, 0.29) is 0 Å². The predicted octanol–water partition coefficient (Wildman–Crippen LogP) is 2.55. The monoisotopic (exact) mass is 225 g/mol. The molecule has 0 fully saturated rings. The molecule has 2 N–H and O–H groups in total. The molecule has 16 heavy (non-hydrogen) atoms. The lowest BCUT2D eigenvalue weighted by Crippen LogP contribution is -1.93. The SMILES string of the molecule is CC.CC#N.CO.O=C(O)c1ccccc1. The molecule has 0 aromatic heterocycles. The van der Waals surface area contributed by atoms with Gasteiger partial charge >= 0.3 is 5.97 Å². The van der Waals surface area contributed by atoms with Crippen molar-refractivity contribution in [1.82, 2.24) is 0 Å². The minimum absolute atomic E-state index is 0.331. The van der Waals surface area contributed by atoms with Crippen LogP contribution < -0.4 is 0 Å². The number of aliphatic hydroxyl groups excluding tert-OH is 1. The van der Waals surface area contributed by atoms with E-state index >= 15 is 0 Å². The van der Waals surface area contributed by atoms with Gasteiger partial charge in [0.2, 0.25) is 0 Å². The third-order valence-electron chi connectivity index (χ3n) is 1.02. The molecular weight excluding hydrogens is 206 g/mol. The molecule has 1 aromatic rings. The molecule has 0 aliphatic carbocycles. The summed E-state index contributed by atoms with van der Waals surface area (Å²) in [7, 11) is 1.00. The van der Waals surface area contributed by atoms with Gasteiger partial charge in [-0.25, -0.2) is 4.79 Å². The number of hydrogen-bond donors (Lipinski definition) is 2. The average Bonchev–Trinajstić information content (AvgIpc) is 2.36. The molecule has 0 spiro atoms. The summed E-state index contributed by atoms with van der Waals surface area (Å²) in [4.78, 5) is 10.2. The van der Waals surface area contributed by atoms with Crippen LogP contribution in [0.15, 0.2) is 30.3 Å². The average molecular weight is 225 g/mol. The second kappa shape index (κ2) is 18.8. The molecule has 0 unspecified atom stereocenters. The third kappa shape index (κ3) is 14.7. The first-order chi connectivity index (χ1) is 7.72. The predicted molar refractivity (Wildman–Crippen MR) is 64.2 cm³/mol. The Kier molecular flexibility index (Phi) is 23.2. The molecule has 0 saturated carbocycles. The zero-order valence-corrected chi connectivity index (χ0v) is 10.1. The van der Waals surface area contributed by atoms with Crippen LogP contribution in [0, 0.1) is 11.3 Å². The summed E-state index contributed by atoms with van der Waals surface area (Å²) in [5.41, 5.74) is 0.331. The number of carboxylic acids is 1. The largest absolute Gasteiger partial charge is 0.478 e. The van der Waals surface area contributed by atoms with Crippen LogP contribution in [-0.4, -0.2) is 23.3 Å². The molecule has 1 aromatic carbocycles. The minimum Gasteiger partial charge on any atom is -0.478 e. The van der Waals surface area contributed by atoms with E-state index in [0.29, 0.717) is 5.56 Å². The highest BCUT2D eigenvalue weighted by atomic mass is 16.4. The number of carbonyl (C=O) groups is 1. The van der Waals surface area contributed by atoms with Gasteiger partial charge in [0, 0.05) is 14.0 Å². The first-order valence-corrected chi connectivity index (χ1v) is 4.76. The van der Waals surface area contributed by atoms with Gasteiger partial charge in [0.05, 0.1) is 11.6 Å². The van der Waals surface area contributed by atoms with E-state index in [0.717, 1.165) is 7.11 Å². The highest BCUT2D eigenvalue weighted by molar-refractivity contribution is 5.87. The third-order valence-corrected chi connectivity index (χ3v) is 1.02. The first-order valence-electron chi connectivity index (χ1n) is 4.76. The summed E-state index contributed by atoms with van der Waals surface area (Å²) in [5, 5.41) is 22.7. The summed E-state index contributed by atoms with van der Waals surface area (Å²) in [6.45, 7) is 5.43. The van der Waals surface area contributed by atoms with Gasteiger partial charge in [0.25, 0.3) is 0 Å². The highest BCUT2D eigenvalue weighted by Gasteiger charge is 1.96. The molecule has 4 nitrogen and oxygen atoms in total. The summed E-state index contributed by atoms with van der Waals surface area (Å²) in [6, 6.07) is 10.0. The van der Waals surface area contributed by atoms with Crippen LogP contribution in [0.1, 0.15) is 31.1 Å². The number of aliphatic hydroxyl groups is 1. The number of aromatic carboxylic acids is 1. The Labute approximate surface area is 96.8 Å². The quantitative estimate of drug-likeness (QED) is 0.769. The Balaban J connectivity index is -0.000000206. The standard InChI is InChI=1S/C7H6O2.C2H3N.C2H6.CH4O/c8-7(9)6-4-2-1-3-5-6;1-2-3;2*1-2/h1-5H,(H,8,9);1H3;1-2H3;2H,1H3. The van der Waals surface area contributed by atoms with Gasteiger partial charge in [-0.1, -0.05) is 32.0 Å². The van der Waals surface area contributed by atoms with Crippen molar-refractivity contribution in [1.29, 1.82) is 5.26 Å². The summed E-state index contributed by atoms with van der Waals surface area (Å²) in [5.74, 6) is -0.879. The molecule has 0 aliphatic rings. The fraction of sp³-hybridized carbons (Fsp3) is 0.333. The smallest absolute Gasteiger partial charge is 0.335 e. The van der Waals surface area contributed by atoms with Crippen molar-refractivity contribution < 1.29 is 15.0 Å². The fourth-order valence-electron chi connectivity index (χ4n) is 0.581. The van der Waals surface area contributed by atoms with E-state index in [2.05, 4.69) is 0 Å². The van der Waals surface area contributed by atoms with E-state index in [4.69, 9.17) is 15.5 Å². The molecule has 0 aliphatic heterocycles. The Bertz CT molecular complexity index is 278. The zero-order valence-electron chi connectivity index (χ0n) is 10.1. The van der Waals surface area contributed by atoms with Crippen LogP contribution in [0.25, 0.3) is 0 Å². The Morgan fingerprint density at radius 2 is 1.50 bits per heavy atom. The highest BCUT2D eigenvalue weighted by Crippen LogP contribution is 1.96. The Hall–Kier alpha value is -1.86. The normalized spacial score (nSPS) is 6.25. The van der Waals surface area contributed by atoms with Crippen molar-refractivity contribution in [2.45, 2.75) is 20.8 Å². The second-order valence-corrected chi connectivity index (χ2v) is 1.89. The van der Waals surface area contributed by atoms with Crippen molar-refractivity contribution >= 4 is 5.97 Å². The van der Waals surface area contributed by atoms with Gasteiger partial charge in [-0.2, -0.15) is 5.26 Å². The van der Waals surface area contributed by atoms with Crippen molar-refractivity contribution in [3.05, 3.63) is 35.9 Å². The molecule has 0 amide bonds. The number of benzene rings is 1. The Morgan fingerprint density at radius 3 is 1.69 bits per heavy atom. The number of nitriles is 1. The number of hydrogen-bond acceptors (Lipinski definition) is 3. The molecular formula is C12H19NO3. The maximum absolute atomic E-state index is 10.2. The van der Waals surface area contributed by atoms with Gasteiger partial charge in [0.1, 0.15) is 0 Å². The van der Waals surface area contributed by atoms with Crippen molar-refractivity contribution in [2.24, 2.45) is 0 Å². The lowest BCUT2D eigenvalue weighted by atomic mass is 10.2. The molecule has 90 valence electrons. The van der Waals surface area contributed by atoms with E-state index in [1.54, 1.807) is 36.4 Å². The van der Waals surface area contributed by atoms with Gasteiger partial charge in [-0.3, -0.25) is 0 Å². The van der Waals surface area contributed by atoms with Crippen LogP contribution in [0.5, 0.6) is 0 Å². The molecule has 0 atom stereocenters. The van der Waals surface area contributed by atoms with Crippen LogP contribution in [0.2, 0.25) is 0 Å². The van der Waals surface area contributed by atoms with Gasteiger partial charge in [-0.15, -0.1) is 0 Å². The summed E-state index contributed by atoms with van der Waals surface area (Å²) >= 11 is 0. The molecule has 4 heteroatoms. The van der Waals surface area contributed by atoms with Crippen molar-refractivity contribution in [2.75, 3.05) is 7.11 Å². The molecule has 1 rings (SSSR count). The molecule has 0 radical (unpaired) electrons. The van der Waals surface area contributed by atoms with Gasteiger partial charge in [-0.05, 0) is 12.1 Å². The van der Waals surface area contributed by atoms with Crippen LogP contribution in [0.3, 0.4) is 0 Å². The second-order valence-electron chi connectivity index (χ2n) is 1.89. The minimum atomic E-state index is -0.879. The van der Waals surface area contributed by atoms with E-state index < -0.39 is 5.97 Å². The number of carboxylic acid groups (broad SMARTS) is 1. The zero-order chi connectivity index (χ0) is 13.4. The van der Waals surface area contributed by atoms with Crippen LogP contribution >= 0.6 is 0 Å². The van der Waals surface area contributed by atoms with Crippen LogP contribution in [-0.2, 0) is 0 Å². The van der Waals surface area contributed by atoms with E-state index in [9.17, 15) is 4.79 Å². The molecule has 0 saturated heterocycles. The topological polar surface area (TPSA) is 81.3 Å². The number of nitrogens with zero attached hydrogens (tertiary/aromatic N) is 1. The first kappa shape index (κ1) is 19.7. The summed E-state index contributed by atoms with van der Waals surface area (Å²) < 4.78 is 0. The Morgan fingerprint density at radius 1 is 1.19 bits per heavy atom. The maximum Gasteiger partial charge on any atom is 0.335 e. The lowest BCUT2D eigenvalue weighted by molar-refractivity contribution is 0.0697. The van der Waals surface area contributed by atoms with E-state index in [1.165, 1.54) is 6.92 Å². The van der Waals surface area contributed by atoms with Crippen LogP contribution in [0.4, 0.5) is 0 Å².